The van der Waals surface area contributed by atoms with Crippen LogP contribution < -0.4 is 14.8 Å². The van der Waals surface area contributed by atoms with Crippen molar-refractivity contribution in [3.63, 3.8) is 0 Å². The molecule has 0 aliphatic heterocycles. The van der Waals surface area contributed by atoms with Gasteiger partial charge in [-0.15, -0.1) is 0 Å². The van der Waals surface area contributed by atoms with Gasteiger partial charge in [-0.1, -0.05) is 30.7 Å². The second kappa shape index (κ2) is 12.4. The van der Waals surface area contributed by atoms with E-state index in [4.69, 9.17) is 26.1 Å². The number of nitrogens with zero attached hydrogens (tertiary/aromatic N) is 4. The number of aromatic nitrogens is 4. The minimum Gasteiger partial charge on any atom is -0.480 e. The highest BCUT2D eigenvalue weighted by molar-refractivity contribution is 6.30. The number of carbonyl (C=O) groups is 2. The van der Waals surface area contributed by atoms with E-state index in [0.717, 1.165) is 36.9 Å². The highest BCUT2D eigenvalue weighted by atomic mass is 35.5. The number of carbonyl (C=O) groups excluding carboxylic acids is 2. The van der Waals surface area contributed by atoms with Crippen molar-refractivity contribution in [3.8, 4) is 23.3 Å². The van der Waals surface area contributed by atoms with E-state index < -0.39 is 0 Å². The molecule has 0 spiro atoms. The molecular weight excluding hydrogens is 554 g/mol. The smallest absolute Gasteiger partial charge is 0.319 e. The number of rotatable bonds is 8. The molecule has 1 amide bonds. The molecule has 2 aliphatic rings. The lowest BCUT2D eigenvalue weighted by Gasteiger charge is -2.41. The van der Waals surface area contributed by atoms with E-state index in [-0.39, 0.29) is 47.4 Å². The zero-order valence-corrected chi connectivity index (χ0v) is 25.9. The molecule has 1 N–H and O–H groups in total. The number of hydrogen-bond acceptors (Lipinski definition) is 7. The van der Waals surface area contributed by atoms with Gasteiger partial charge >= 0.3 is 6.01 Å². The summed E-state index contributed by atoms with van der Waals surface area (Å²) in [5.74, 6) is 1.83. The fraction of sp³-hybridized carbons (Fsp3) is 0.531. The molecule has 3 atom stereocenters. The number of benzene rings is 1. The van der Waals surface area contributed by atoms with Gasteiger partial charge in [0.15, 0.2) is 5.78 Å². The number of ether oxygens (including phenoxy) is 2. The summed E-state index contributed by atoms with van der Waals surface area (Å²) in [7, 11) is 4.76. The number of methoxy groups -OCH3 is 2. The quantitative estimate of drug-likeness (QED) is 0.335. The van der Waals surface area contributed by atoms with E-state index in [0.29, 0.717) is 40.3 Å². The van der Waals surface area contributed by atoms with E-state index in [1.54, 1.807) is 20.4 Å². The third kappa shape index (κ3) is 5.51. The second-order valence-electron chi connectivity index (χ2n) is 11.8. The van der Waals surface area contributed by atoms with Gasteiger partial charge in [0.2, 0.25) is 11.8 Å². The first-order valence-electron chi connectivity index (χ1n) is 14.8. The van der Waals surface area contributed by atoms with Gasteiger partial charge in [0.1, 0.15) is 11.5 Å². The summed E-state index contributed by atoms with van der Waals surface area (Å²) in [6.45, 7) is 6.48. The van der Waals surface area contributed by atoms with Crippen LogP contribution in [0.5, 0.6) is 11.9 Å². The molecule has 42 heavy (non-hydrogen) atoms. The van der Waals surface area contributed by atoms with Gasteiger partial charge in [0, 0.05) is 42.6 Å². The lowest BCUT2D eigenvalue weighted by Crippen LogP contribution is -2.37. The molecule has 3 aromatic rings. The highest BCUT2D eigenvalue weighted by Crippen LogP contribution is 2.50. The van der Waals surface area contributed by atoms with Crippen molar-refractivity contribution in [2.75, 3.05) is 21.3 Å². The molecule has 224 valence electrons. The molecule has 1 saturated carbocycles. The normalized spacial score (nSPS) is 22.9. The fourth-order valence-electron chi connectivity index (χ4n) is 7.08. The third-order valence-corrected chi connectivity index (χ3v) is 9.51. The standard InChI is InChI=1S/C32H40ClN5O4/c1-17(2)38-28-26(20-11-13-22(33)14-12-20)23(18(3)19-7-9-21(10-8-19)30(40)34-4)15-25(39)27(28)36-29(38)24-16-35-32(42-6)37-31(24)41-5/h11-14,16-19,21,23,26H,7-10,15H2,1-6H3,(H,34,40). The van der Waals surface area contributed by atoms with Crippen molar-refractivity contribution in [2.24, 2.45) is 23.7 Å². The maximum Gasteiger partial charge on any atom is 0.319 e. The summed E-state index contributed by atoms with van der Waals surface area (Å²) in [5.41, 5.74) is 3.10. The molecule has 2 heterocycles. The second-order valence-corrected chi connectivity index (χ2v) is 12.3. The first kappa shape index (κ1) is 30.0. The zero-order valence-electron chi connectivity index (χ0n) is 25.2. The van der Waals surface area contributed by atoms with Gasteiger partial charge in [-0.25, -0.2) is 9.97 Å². The Morgan fingerprint density at radius 2 is 1.74 bits per heavy atom. The summed E-state index contributed by atoms with van der Waals surface area (Å²) in [6.07, 6.45) is 5.74. The van der Waals surface area contributed by atoms with Crippen LogP contribution in [0.3, 0.4) is 0 Å². The Bertz CT molecular complexity index is 1450. The van der Waals surface area contributed by atoms with Crippen LogP contribution in [-0.4, -0.2) is 52.5 Å². The highest BCUT2D eigenvalue weighted by Gasteiger charge is 2.45. The summed E-state index contributed by atoms with van der Waals surface area (Å²) in [6, 6.07) is 8.16. The number of ketones is 1. The number of hydrogen-bond donors (Lipinski definition) is 1. The lowest BCUT2D eigenvalue weighted by atomic mass is 9.63. The minimum atomic E-state index is -0.0737. The number of Topliss-reactive ketones (excluding diaryl/α,β-unsaturated/α-hetero) is 1. The fourth-order valence-corrected chi connectivity index (χ4v) is 7.20. The van der Waals surface area contributed by atoms with Crippen molar-refractivity contribution < 1.29 is 19.1 Å². The van der Waals surface area contributed by atoms with Crippen LogP contribution in [0.2, 0.25) is 5.02 Å². The Balaban J connectivity index is 1.63. The molecule has 0 radical (unpaired) electrons. The van der Waals surface area contributed by atoms with Crippen LogP contribution in [0.1, 0.15) is 86.6 Å². The van der Waals surface area contributed by atoms with E-state index in [2.05, 4.69) is 52.8 Å². The Labute approximate surface area is 252 Å². The predicted molar refractivity (Wildman–Crippen MR) is 161 cm³/mol. The Morgan fingerprint density at radius 3 is 2.33 bits per heavy atom. The molecule has 2 aromatic heterocycles. The van der Waals surface area contributed by atoms with Gasteiger partial charge in [-0.05, 0) is 75.0 Å². The maximum absolute atomic E-state index is 13.9. The molecule has 1 fully saturated rings. The molecule has 2 aliphatic carbocycles. The summed E-state index contributed by atoms with van der Waals surface area (Å²) in [4.78, 5) is 39.9. The van der Waals surface area contributed by atoms with E-state index in [1.165, 1.54) is 7.11 Å². The van der Waals surface area contributed by atoms with Gasteiger partial charge in [0.25, 0.3) is 0 Å². The summed E-state index contributed by atoms with van der Waals surface area (Å²) >= 11 is 6.33. The third-order valence-electron chi connectivity index (χ3n) is 9.26. The van der Waals surface area contributed by atoms with E-state index in [9.17, 15) is 9.59 Å². The monoisotopic (exact) mass is 593 g/mol. The van der Waals surface area contributed by atoms with Crippen LogP contribution in [0, 0.1) is 23.7 Å². The largest absolute Gasteiger partial charge is 0.480 e. The van der Waals surface area contributed by atoms with Crippen LogP contribution in [0.25, 0.3) is 11.4 Å². The van der Waals surface area contributed by atoms with Crippen LogP contribution in [0.4, 0.5) is 0 Å². The van der Waals surface area contributed by atoms with Gasteiger partial charge in [-0.2, -0.15) is 4.98 Å². The van der Waals surface area contributed by atoms with Crippen LogP contribution >= 0.6 is 11.6 Å². The minimum absolute atomic E-state index is 0.0114. The van der Waals surface area contributed by atoms with Crippen molar-refractivity contribution in [1.82, 2.24) is 24.8 Å². The molecule has 3 unspecified atom stereocenters. The molecule has 0 bridgehead atoms. The van der Waals surface area contributed by atoms with Gasteiger partial charge in [0.05, 0.1) is 25.5 Å². The number of halogens is 1. The first-order valence-corrected chi connectivity index (χ1v) is 15.1. The molecule has 5 rings (SSSR count). The number of amides is 1. The maximum atomic E-state index is 13.9. The average molecular weight is 594 g/mol. The van der Waals surface area contributed by atoms with Crippen molar-refractivity contribution in [1.29, 1.82) is 0 Å². The van der Waals surface area contributed by atoms with Crippen molar-refractivity contribution >= 4 is 23.3 Å². The SMILES string of the molecule is CNC(=O)C1CCC(C(C)C2CC(=O)c3nc(-c4cnc(OC)nc4OC)n(C(C)C)c3C2c2ccc(Cl)cc2)CC1. The van der Waals surface area contributed by atoms with Gasteiger partial charge < -0.3 is 19.4 Å². The number of fused-ring (bicyclic) bond motifs is 1. The van der Waals surface area contributed by atoms with E-state index >= 15 is 0 Å². The number of nitrogens with one attached hydrogen (secondary N) is 1. The topological polar surface area (TPSA) is 108 Å². The molecular formula is C32H40ClN5O4. The molecule has 9 nitrogen and oxygen atoms in total. The first-order chi connectivity index (χ1) is 20.2. The molecule has 1 aromatic carbocycles. The summed E-state index contributed by atoms with van der Waals surface area (Å²) < 4.78 is 13.0. The van der Waals surface area contributed by atoms with Crippen LogP contribution in [0.15, 0.2) is 30.5 Å². The lowest BCUT2D eigenvalue weighted by molar-refractivity contribution is -0.125. The van der Waals surface area contributed by atoms with E-state index in [1.807, 2.05) is 12.1 Å². The zero-order chi connectivity index (χ0) is 30.1. The van der Waals surface area contributed by atoms with Crippen LogP contribution in [-0.2, 0) is 4.79 Å². The summed E-state index contributed by atoms with van der Waals surface area (Å²) in [5, 5.41) is 3.48. The molecule has 0 saturated heterocycles. The Morgan fingerprint density at radius 1 is 1.05 bits per heavy atom. The average Bonchev–Trinajstić information content (AvgIpc) is 3.42. The number of imidazole rings is 1. The van der Waals surface area contributed by atoms with Gasteiger partial charge in [-0.3, -0.25) is 9.59 Å². The Kier molecular flexibility index (Phi) is 8.87. The van der Waals surface area contributed by atoms with Crippen molar-refractivity contribution in [2.45, 2.75) is 64.8 Å². The van der Waals surface area contributed by atoms with Crippen molar-refractivity contribution in [3.05, 3.63) is 52.4 Å². The Hall–Kier alpha value is -3.46. The predicted octanol–water partition coefficient (Wildman–Crippen LogP) is 6.11. The molecule has 10 heteroatoms.